The van der Waals surface area contributed by atoms with E-state index in [0.29, 0.717) is 0 Å². The summed E-state index contributed by atoms with van der Waals surface area (Å²) in [7, 11) is 0. The third-order valence-electron chi connectivity index (χ3n) is 8.10. The molecule has 0 amide bonds. The molecular formula is C39H25N. The van der Waals surface area contributed by atoms with E-state index in [0.717, 1.165) is 5.56 Å². The second-order valence-electron chi connectivity index (χ2n) is 10.4. The Morgan fingerprint density at radius 2 is 0.850 bits per heavy atom. The number of rotatable bonds is 3. The van der Waals surface area contributed by atoms with E-state index in [-0.39, 0.29) is 0 Å². The van der Waals surface area contributed by atoms with Crippen molar-refractivity contribution in [2.24, 2.45) is 0 Å². The molecule has 0 saturated heterocycles. The van der Waals surface area contributed by atoms with Crippen LogP contribution in [0.4, 0.5) is 0 Å². The largest absolute Gasteiger partial charge is 0.264 e. The average molecular weight is 508 g/mol. The second-order valence-corrected chi connectivity index (χ2v) is 10.4. The van der Waals surface area contributed by atoms with E-state index in [1.54, 1.807) is 0 Å². The van der Waals surface area contributed by atoms with Crippen LogP contribution in [0.3, 0.4) is 0 Å². The van der Waals surface area contributed by atoms with Crippen LogP contribution in [0.15, 0.2) is 152 Å². The van der Waals surface area contributed by atoms with Crippen LogP contribution < -0.4 is 0 Å². The van der Waals surface area contributed by atoms with Gasteiger partial charge in [-0.2, -0.15) is 0 Å². The zero-order valence-electron chi connectivity index (χ0n) is 21.9. The van der Waals surface area contributed by atoms with E-state index in [9.17, 15) is 0 Å². The summed E-state index contributed by atoms with van der Waals surface area (Å²) >= 11 is 0. The summed E-state index contributed by atoms with van der Waals surface area (Å²) in [5, 5.41) is 10.0. The van der Waals surface area contributed by atoms with Gasteiger partial charge in [-0.3, -0.25) is 4.98 Å². The van der Waals surface area contributed by atoms with E-state index >= 15 is 0 Å². The molecule has 0 radical (unpaired) electrons. The molecule has 0 aliphatic carbocycles. The molecule has 0 spiro atoms. The van der Waals surface area contributed by atoms with Crippen LogP contribution in [-0.4, -0.2) is 4.98 Å². The van der Waals surface area contributed by atoms with Crippen LogP contribution in [0, 0.1) is 0 Å². The third-order valence-corrected chi connectivity index (χ3v) is 8.10. The maximum absolute atomic E-state index is 4.40. The highest BCUT2D eigenvalue weighted by Crippen LogP contribution is 2.45. The molecule has 1 aromatic heterocycles. The van der Waals surface area contributed by atoms with Gasteiger partial charge in [0.15, 0.2) is 0 Å². The highest BCUT2D eigenvalue weighted by molar-refractivity contribution is 6.22. The van der Waals surface area contributed by atoms with Gasteiger partial charge in [-0.1, -0.05) is 115 Å². The van der Waals surface area contributed by atoms with Crippen LogP contribution in [0.1, 0.15) is 0 Å². The van der Waals surface area contributed by atoms with E-state index < -0.39 is 0 Å². The predicted octanol–water partition coefficient (Wildman–Crippen LogP) is 10.7. The zero-order chi connectivity index (χ0) is 26.5. The van der Waals surface area contributed by atoms with Crippen molar-refractivity contribution in [3.05, 3.63) is 152 Å². The molecule has 0 aliphatic heterocycles. The number of aromatic nitrogens is 1. The van der Waals surface area contributed by atoms with Crippen molar-refractivity contribution in [3.63, 3.8) is 0 Å². The molecule has 7 aromatic carbocycles. The minimum atomic E-state index is 1.12. The maximum Gasteiger partial charge on any atom is 0.0346 e. The first kappa shape index (κ1) is 22.7. The lowest BCUT2D eigenvalue weighted by atomic mass is 9.84. The highest BCUT2D eigenvalue weighted by atomic mass is 14.6. The van der Waals surface area contributed by atoms with Crippen molar-refractivity contribution in [3.8, 4) is 33.4 Å². The molecule has 8 rings (SSSR count). The van der Waals surface area contributed by atoms with Crippen molar-refractivity contribution in [2.45, 2.75) is 0 Å². The third kappa shape index (κ3) is 3.67. The molecule has 0 saturated carbocycles. The van der Waals surface area contributed by atoms with Crippen LogP contribution in [0.2, 0.25) is 0 Å². The zero-order valence-corrected chi connectivity index (χ0v) is 21.9. The number of pyridine rings is 1. The smallest absolute Gasteiger partial charge is 0.0346 e. The van der Waals surface area contributed by atoms with Crippen LogP contribution in [0.25, 0.3) is 76.5 Å². The van der Waals surface area contributed by atoms with Crippen molar-refractivity contribution < 1.29 is 0 Å². The van der Waals surface area contributed by atoms with Gasteiger partial charge in [-0.15, -0.1) is 0 Å². The summed E-state index contributed by atoms with van der Waals surface area (Å²) in [5.41, 5.74) is 7.30. The quantitative estimate of drug-likeness (QED) is 0.217. The minimum absolute atomic E-state index is 1.12. The SMILES string of the molecule is c1cncc(-c2ccc3c(-c4ccc5ccccc5c4)c4ccccc4c(-c4ccc5ccccc5c4)c3c2)c1. The summed E-state index contributed by atoms with van der Waals surface area (Å²) in [6.45, 7) is 0. The van der Waals surface area contributed by atoms with Gasteiger partial charge in [-0.25, -0.2) is 0 Å². The van der Waals surface area contributed by atoms with Gasteiger partial charge in [0.25, 0.3) is 0 Å². The average Bonchev–Trinajstić information content (AvgIpc) is 3.03. The topological polar surface area (TPSA) is 12.9 Å². The molecule has 40 heavy (non-hydrogen) atoms. The lowest BCUT2D eigenvalue weighted by molar-refractivity contribution is 1.33. The number of benzene rings is 7. The fraction of sp³-hybridized carbons (Fsp3) is 0. The summed E-state index contributed by atoms with van der Waals surface area (Å²) in [4.78, 5) is 4.40. The molecule has 0 N–H and O–H groups in total. The number of fused-ring (bicyclic) bond motifs is 4. The second kappa shape index (κ2) is 9.18. The van der Waals surface area contributed by atoms with Crippen molar-refractivity contribution >= 4 is 43.1 Å². The molecule has 186 valence electrons. The Hall–Kier alpha value is -5.27. The van der Waals surface area contributed by atoms with Gasteiger partial charge in [0.2, 0.25) is 0 Å². The van der Waals surface area contributed by atoms with E-state index in [4.69, 9.17) is 0 Å². The van der Waals surface area contributed by atoms with Gasteiger partial charge in [0.1, 0.15) is 0 Å². The first-order chi connectivity index (χ1) is 19.8. The van der Waals surface area contributed by atoms with Gasteiger partial charge in [0.05, 0.1) is 0 Å². The highest BCUT2D eigenvalue weighted by Gasteiger charge is 2.18. The molecule has 1 heteroatoms. The van der Waals surface area contributed by atoms with Crippen molar-refractivity contribution in [2.75, 3.05) is 0 Å². The standard InChI is InChI=1S/C39H25N/c1-3-10-28-22-31(17-15-26(28)8-1)38-34-13-5-6-14-35(34)39(32-18-16-27-9-2-4-11-29(27)23-32)37-24-30(19-20-36(37)38)33-12-7-21-40-25-33/h1-25H. The van der Waals surface area contributed by atoms with Gasteiger partial charge in [0, 0.05) is 18.0 Å². The Morgan fingerprint density at radius 1 is 0.325 bits per heavy atom. The lowest BCUT2D eigenvalue weighted by Crippen LogP contribution is -1.92. The number of hydrogen-bond donors (Lipinski definition) is 0. The summed E-state index contributed by atoms with van der Waals surface area (Å²) in [5.74, 6) is 0. The Kier molecular flexibility index (Phi) is 5.21. The Morgan fingerprint density at radius 3 is 1.45 bits per heavy atom. The van der Waals surface area contributed by atoms with Gasteiger partial charge >= 0.3 is 0 Å². The summed E-state index contributed by atoms with van der Waals surface area (Å²) in [6, 6.07) is 50.8. The minimum Gasteiger partial charge on any atom is -0.264 e. The fourth-order valence-corrected chi connectivity index (χ4v) is 6.20. The molecule has 8 aromatic rings. The van der Waals surface area contributed by atoms with Gasteiger partial charge in [-0.05, 0) is 95.2 Å². The molecule has 1 nitrogen and oxygen atoms in total. The first-order valence-electron chi connectivity index (χ1n) is 13.7. The van der Waals surface area contributed by atoms with E-state index in [2.05, 4.69) is 138 Å². The lowest BCUT2D eigenvalue weighted by Gasteiger charge is -2.19. The normalized spacial score (nSPS) is 11.5. The number of nitrogens with zero attached hydrogens (tertiary/aromatic N) is 1. The Balaban J connectivity index is 1.51. The first-order valence-corrected chi connectivity index (χ1v) is 13.7. The van der Waals surface area contributed by atoms with Gasteiger partial charge < -0.3 is 0 Å². The monoisotopic (exact) mass is 507 g/mol. The molecule has 1 heterocycles. The summed E-state index contributed by atoms with van der Waals surface area (Å²) < 4.78 is 0. The van der Waals surface area contributed by atoms with Crippen molar-refractivity contribution in [1.29, 1.82) is 0 Å². The Labute approximate surface area is 233 Å². The van der Waals surface area contributed by atoms with E-state index in [1.807, 2.05) is 18.5 Å². The van der Waals surface area contributed by atoms with Crippen LogP contribution in [-0.2, 0) is 0 Å². The van der Waals surface area contributed by atoms with E-state index in [1.165, 1.54) is 70.9 Å². The predicted molar refractivity (Wildman–Crippen MR) is 171 cm³/mol. The maximum atomic E-state index is 4.40. The number of hydrogen-bond acceptors (Lipinski definition) is 1. The van der Waals surface area contributed by atoms with Crippen LogP contribution in [0.5, 0.6) is 0 Å². The fourth-order valence-electron chi connectivity index (χ4n) is 6.20. The van der Waals surface area contributed by atoms with Crippen molar-refractivity contribution in [1.82, 2.24) is 4.98 Å². The Bertz CT molecular complexity index is 2210. The summed E-state index contributed by atoms with van der Waals surface area (Å²) in [6.07, 6.45) is 3.78. The molecule has 0 aliphatic rings. The molecule has 0 bridgehead atoms. The molecule has 0 fully saturated rings. The molecule has 0 unspecified atom stereocenters. The van der Waals surface area contributed by atoms with Crippen LogP contribution >= 0.6 is 0 Å². The molecule has 0 atom stereocenters. The molecular weight excluding hydrogens is 482 g/mol.